The van der Waals surface area contributed by atoms with E-state index >= 15 is 0 Å². The van der Waals surface area contributed by atoms with Crippen LogP contribution < -0.4 is 16.6 Å². The lowest BCUT2D eigenvalue weighted by molar-refractivity contribution is -0.116. The van der Waals surface area contributed by atoms with Crippen molar-refractivity contribution in [2.24, 2.45) is 5.92 Å². The third kappa shape index (κ3) is 4.86. The molecule has 3 heterocycles. The average Bonchev–Trinajstić information content (AvgIpc) is 3.23. The van der Waals surface area contributed by atoms with Crippen molar-refractivity contribution in [2.75, 3.05) is 5.32 Å². The van der Waals surface area contributed by atoms with Gasteiger partial charge >= 0.3 is 5.69 Å². The molecule has 9 nitrogen and oxygen atoms in total. The summed E-state index contributed by atoms with van der Waals surface area (Å²) in [6.07, 6.45) is 2.29. The van der Waals surface area contributed by atoms with E-state index in [0.29, 0.717) is 41.6 Å². The highest BCUT2D eigenvalue weighted by Gasteiger charge is 2.20. The number of amides is 1. The van der Waals surface area contributed by atoms with E-state index in [2.05, 4.69) is 34.1 Å². The maximum absolute atomic E-state index is 12.6. The molecule has 0 aromatic carbocycles. The number of fused-ring (bicyclic) bond motifs is 1. The summed E-state index contributed by atoms with van der Waals surface area (Å²) in [5.74, 6) is 0.735. The number of nitrogens with zero attached hydrogens (tertiary/aromatic N) is 4. The van der Waals surface area contributed by atoms with Gasteiger partial charge in [-0.25, -0.2) is 14.8 Å². The van der Waals surface area contributed by atoms with E-state index < -0.39 is 11.2 Å². The summed E-state index contributed by atoms with van der Waals surface area (Å²) >= 11 is 1.38. The van der Waals surface area contributed by atoms with Crippen molar-refractivity contribution in [3.63, 3.8) is 0 Å². The predicted molar refractivity (Wildman–Crippen MR) is 118 cm³/mol. The zero-order valence-electron chi connectivity index (χ0n) is 17.8. The number of aryl methyl sites for hydroxylation is 3. The fourth-order valence-corrected chi connectivity index (χ4v) is 4.02. The van der Waals surface area contributed by atoms with E-state index in [-0.39, 0.29) is 18.2 Å². The van der Waals surface area contributed by atoms with Gasteiger partial charge in [0.2, 0.25) is 5.91 Å². The zero-order valence-corrected chi connectivity index (χ0v) is 18.6. The lowest BCUT2D eigenvalue weighted by Gasteiger charge is -2.11. The summed E-state index contributed by atoms with van der Waals surface area (Å²) in [5, 5.41) is 5.24. The summed E-state index contributed by atoms with van der Waals surface area (Å²) in [6.45, 7) is 9.08. The molecule has 0 bridgehead atoms. The molecular weight excluding hydrogens is 404 g/mol. The van der Waals surface area contributed by atoms with Crippen LogP contribution in [-0.4, -0.2) is 30.0 Å². The lowest BCUT2D eigenvalue weighted by atomic mass is 10.2. The number of anilines is 1. The normalized spacial score (nSPS) is 11.5. The molecule has 0 aliphatic carbocycles. The molecule has 0 aliphatic rings. The van der Waals surface area contributed by atoms with Crippen molar-refractivity contribution >= 4 is 33.5 Å². The summed E-state index contributed by atoms with van der Waals surface area (Å²) in [5.41, 5.74) is 0.760. The molecule has 3 rings (SSSR count). The van der Waals surface area contributed by atoms with Crippen LogP contribution in [0.5, 0.6) is 0 Å². The van der Waals surface area contributed by atoms with E-state index in [9.17, 15) is 14.4 Å². The molecule has 0 unspecified atom stereocenters. The molecular formula is C20H28N6O3S. The second-order valence-electron chi connectivity index (χ2n) is 7.81. The number of rotatable bonds is 9. The maximum atomic E-state index is 12.6. The smallest absolute Gasteiger partial charge is 0.322 e. The van der Waals surface area contributed by atoms with Crippen LogP contribution in [0.2, 0.25) is 0 Å². The Bertz CT molecular complexity index is 1150. The summed E-state index contributed by atoms with van der Waals surface area (Å²) in [4.78, 5) is 48.6. The van der Waals surface area contributed by atoms with Crippen LogP contribution in [0.15, 0.2) is 15.0 Å². The number of aromatic amines is 1. The molecule has 0 radical (unpaired) electrons. The van der Waals surface area contributed by atoms with Crippen molar-refractivity contribution in [3.05, 3.63) is 37.7 Å². The Labute approximate surface area is 178 Å². The van der Waals surface area contributed by atoms with Gasteiger partial charge in [0.1, 0.15) is 5.82 Å². The van der Waals surface area contributed by atoms with Crippen LogP contribution in [-0.2, 0) is 24.3 Å². The molecule has 0 spiro atoms. The molecule has 30 heavy (non-hydrogen) atoms. The molecule has 0 saturated heterocycles. The first-order valence-electron chi connectivity index (χ1n) is 10.2. The van der Waals surface area contributed by atoms with Crippen molar-refractivity contribution in [1.82, 2.24) is 24.1 Å². The Hall–Kier alpha value is -2.75. The monoisotopic (exact) mass is 432 g/mol. The number of hydrogen-bond donors (Lipinski definition) is 2. The van der Waals surface area contributed by atoms with E-state index in [0.717, 1.165) is 18.5 Å². The SMILES string of the molecule is CCCCn1c(=O)[nH]c(=O)c2c1nc(CCC(=O)Nc1nc(C)cs1)n2CC(C)C. The standard InChI is InChI=1S/C20H28N6O3S/c1-5-6-9-25-17-16(18(28)24-20(25)29)26(10-12(2)3)14(22-17)7-8-15(27)23-19-21-13(4)11-30-19/h11-12H,5-10H2,1-4H3,(H,21,23,27)(H,24,28,29). The number of carbonyl (C=O) groups excluding carboxylic acids is 1. The van der Waals surface area contributed by atoms with Gasteiger partial charge < -0.3 is 9.88 Å². The highest BCUT2D eigenvalue weighted by Crippen LogP contribution is 2.18. The van der Waals surface area contributed by atoms with Gasteiger partial charge in [-0.15, -0.1) is 11.3 Å². The Morgan fingerprint density at radius 3 is 2.67 bits per heavy atom. The molecule has 3 aromatic heterocycles. The summed E-state index contributed by atoms with van der Waals surface area (Å²) in [6, 6.07) is 0. The molecule has 0 atom stereocenters. The Kier molecular flexibility index (Phi) is 6.86. The fraction of sp³-hybridized carbons (Fsp3) is 0.550. The quantitative estimate of drug-likeness (QED) is 0.539. The fourth-order valence-electron chi connectivity index (χ4n) is 3.31. The number of unbranched alkanes of at least 4 members (excludes halogenated alkanes) is 1. The topological polar surface area (TPSA) is 115 Å². The largest absolute Gasteiger partial charge is 0.330 e. The highest BCUT2D eigenvalue weighted by atomic mass is 32.1. The Morgan fingerprint density at radius 1 is 1.27 bits per heavy atom. The number of nitrogens with one attached hydrogen (secondary N) is 2. The molecule has 162 valence electrons. The predicted octanol–water partition coefficient (Wildman–Crippen LogP) is 2.68. The highest BCUT2D eigenvalue weighted by molar-refractivity contribution is 7.13. The van der Waals surface area contributed by atoms with Gasteiger partial charge in [-0.1, -0.05) is 27.2 Å². The molecule has 1 amide bonds. The van der Waals surface area contributed by atoms with Gasteiger partial charge in [0.25, 0.3) is 5.56 Å². The van der Waals surface area contributed by atoms with Gasteiger partial charge in [0, 0.05) is 31.3 Å². The van der Waals surface area contributed by atoms with Crippen LogP contribution in [0.4, 0.5) is 5.13 Å². The molecule has 0 aliphatic heterocycles. The number of imidazole rings is 1. The first-order valence-corrected chi connectivity index (χ1v) is 11.1. The molecule has 0 saturated carbocycles. The van der Waals surface area contributed by atoms with Crippen molar-refractivity contribution in [3.8, 4) is 0 Å². The van der Waals surface area contributed by atoms with E-state index in [4.69, 9.17) is 0 Å². The first-order chi connectivity index (χ1) is 14.3. The van der Waals surface area contributed by atoms with Crippen LogP contribution in [0, 0.1) is 12.8 Å². The summed E-state index contributed by atoms with van der Waals surface area (Å²) in [7, 11) is 0. The lowest BCUT2D eigenvalue weighted by Crippen LogP contribution is -2.31. The van der Waals surface area contributed by atoms with Gasteiger partial charge in [-0.05, 0) is 19.3 Å². The number of aromatic nitrogens is 5. The third-order valence-electron chi connectivity index (χ3n) is 4.69. The molecule has 2 N–H and O–H groups in total. The maximum Gasteiger partial charge on any atom is 0.330 e. The van der Waals surface area contributed by atoms with Crippen molar-refractivity contribution < 1.29 is 4.79 Å². The minimum absolute atomic E-state index is 0.162. The zero-order chi connectivity index (χ0) is 21.8. The van der Waals surface area contributed by atoms with Crippen LogP contribution in [0.25, 0.3) is 11.2 Å². The second kappa shape index (κ2) is 9.38. The number of carbonyl (C=O) groups is 1. The van der Waals surface area contributed by atoms with Gasteiger partial charge in [0.15, 0.2) is 16.3 Å². The molecule has 3 aromatic rings. The van der Waals surface area contributed by atoms with Gasteiger partial charge in [0.05, 0.1) is 5.69 Å². The van der Waals surface area contributed by atoms with E-state index in [1.165, 1.54) is 15.9 Å². The molecule has 10 heteroatoms. The minimum atomic E-state index is -0.446. The average molecular weight is 433 g/mol. The van der Waals surface area contributed by atoms with Crippen LogP contribution in [0.3, 0.4) is 0 Å². The van der Waals surface area contributed by atoms with Gasteiger partial charge in [-0.3, -0.25) is 19.1 Å². The van der Waals surface area contributed by atoms with Crippen LogP contribution >= 0.6 is 11.3 Å². The number of thiazole rings is 1. The van der Waals surface area contributed by atoms with Crippen molar-refractivity contribution in [1.29, 1.82) is 0 Å². The number of H-pyrrole nitrogens is 1. The third-order valence-corrected chi connectivity index (χ3v) is 5.56. The van der Waals surface area contributed by atoms with Crippen molar-refractivity contribution in [2.45, 2.75) is 66.5 Å². The Balaban J connectivity index is 1.94. The van der Waals surface area contributed by atoms with E-state index in [1.807, 2.05) is 23.8 Å². The van der Waals surface area contributed by atoms with Gasteiger partial charge in [-0.2, -0.15) is 0 Å². The Morgan fingerprint density at radius 2 is 2.03 bits per heavy atom. The van der Waals surface area contributed by atoms with E-state index in [1.54, 1.807) is 0 Å². The second-order valence-corrected chi connectivity index (χ2v) is 8.67. The first kappa shape index (κ1) is 21.9. The minimum Gasteiger partial charge on any atom is -0.322 e. The number of hydrogen-bond acceptors (Lipinski definition) is 6. The summed E-state index contributed by atoms with van der Waals surface area (Å²) < 4.78 is 3.38. The molecule has 0 fully saturated rings. The van der Waals surface area contributed by atoms with Crippen LogP contribution in [0.1, 0.15) is 51.6 Å².